The largest absolute Gasteiger partial charge is 0.377 e. The van der Waals surface area contributed by atoms with Crippen molar-refractivity contribution in [2.75, 3.05) is 19.7 Å². The van der Waals surface area contributed by atoms with Crippen LogP contribution in [0.15, 0.2) is 4.52 Å². The van der Waals surface area contributed by atoms with Gasteiger partial charge in [-0.15, -0.1) is 0 Å². The summed E-state index contributed by atoms with van der Waals surface area (Å²) in [5, 5.41) is 7.13. The number of carbonyl (C=O) groups excluding carboxylic acids is 1. The molecule has 2 atom stereocenters. The van der Waals surface area contributed by atoms with Gasteiger partial charge in [0, 0.05) is 37.8 Å². The van der Waals surface area contributed by atoms with Crippen LogP contribution in [0.3, 0.4) is 0 Å². The number of aromatic nitrogens is 1. The van der Waals surface area contributed by atoms with E-state index in [0.717, 1.165) is 49.5 Å². The molecule has 1 aromatic rings. The van der Waals surface area contributed by atoms with Crippen molar-refractivity contribution < 1.29 is 14.1 Å². The summed E-state index contributed by atoms with van der Waals surface area (Å²) in [4.78, 5) is 15.2. The highest BCUT2D eigenvalue weighted by atomic mass is 16.5. The Morgan fingerprint density at radius 1 is 1.48 bits per heavy atom. The van der Waals surface area contributed by atoms with Gasteiger partial charge in [0.2, 0.25) is 5.91 Å². The topological polar surface area (TPSA) is 67.6 Å². The number of nitrogens with one attached hydrogen (secondary N) is 1. The molecule has 0 saturated carbocycles. The van der Waals surface area contributed by atoms with E-state index in [1.54, 1.807) is 0 Å². The third kappa shape index (κ3) is 3.02. The standard InChI is InChI=1S/C17H27N3O3/c1-11(2)18-16(21)17-6-8-22-15(17)5-7-20(10-17)9-14-12(3)19-23-13(14)4/h11,15H,5-10H2,1-4H3,(H,18,21)/t15-,17-/m1/s1. The molecule has 23 heavy (non-hydrogen) atoms. The van der Waals surface area contributed by atoms with E-state index >= 15 is 0 Å². The predicted molar refractivity (Wildman–Crippen MR) is 85.9 cm³/mol. The fraction of sp³-hybridized carbons (Fsp3) is 0.765. The minimum Gasteiger partial charge on any atom is -0.377 e. The van der Waals surface area contributed by atoms with Crippen LogP contribution >= 0.6 is 0 Å². The zero-order valence-corrected chi connectivity index (χ0v) is 14.5. The van der Waals surface area contributed by atoms with Crippen LogP contribution in [-0.2, 0) is 16.1 Å². The Kier molecular flexibility index (Phi) is 4.47. The van der Waals surface area contributed by atoms with Crippen LogP contribution < -0.4 is 5.32 Å². The maximum absolute atomic E-state index is 12.8. The van der Waals surface area contributed by atoms with Gasteiger partial charge in [0.05, 0.1) is 17.2 Å². The minimum atomic E-state index is -0.415. The number of likely N-dealkylation sites (tertiary alicyclic amines) is 1. The van der Waals surface area contributed by atoms with Crippen LogP contribution in [0.25, 0.3) is 0 Å². The molecule has 3 heterocycles. The van der Waals surface area contributed by atoms with Crippen LogP contribution in [0.5, 0.6) is 0 Å². The first-order valence-corrected chi connectivity index (χ1v) is 8.49. The van der Waals surface area contributed by atoms with Gasteiger partial charge >= 0.3 is 0 Å². The van der Waals surface area contributed by atoms with Crippen LogP contribution in [-0.4, -0.2) is 47.8 Å². The number of hydrogen-bond acceptors (Lipinski definition) is 5. The molecule has 128 valence electrons. The molecule has 0 aliphatic carbocycles. The minimum absolute atomic E-state index is 0.0437. The van der Waals surface area contributed by atoms with Gasteiger partial charge in [0.25, 0.3) is 0 Å². The molecule has 2 fully saturated rings. The molecule has 0 aromatic carbocycles. The number of hydrogen-bond donors (Lipinski definition) is 1. The smallest absolute Gasteiger partial charge is 0.230 e. The molecule has 2 aliphatic rings. The van der Waals surface area contributed by atoms with Crippen LogP contribution in [0.1, 0.15) is 43.7 Å². The highest BCUT2D eigenvalue weighted by Gasteiger charge is 2.53. The fourth-order valence-electron chi connectivity index (χ4n) is 3.85. The van der Waals surface area contributed by atoms with Crippen molar-refractivity contribution >= 4 is 5.91 Å². The quantitative estimate of drug-likeness (QED) is 0.916. The number of piperidine rings is 1. The van der Waals surface area contributed by atoms with Gasteiger partial charge in [-0.05, 0) is 40.5 Å². The Morgan fingerprint density at radius 3 is 2.91 bits per heavy atom. The van der Waals surface area contributed by atoms with E-state index in [2.05, 4.69) is 15.4 Å². The number of carbonyl (C=O) groups is 1. The average Bonchev–Trinajstić information content (AvgIpc) is 3.05. The molecule has 6 heteroatoms. The van der Waals surface area contributed by atoms with Crippen molar-refractivity contribution in [2.45, 2.75) is 59.2 Å². The number of aryl methyl sites for hydroxylation is 2. The normalized spacial score (nSPS) is 28.1. The van der Waals surface area contributed by atoms with E-state index in [0.29, 0.717) is 6.61 Å². The van der Waals surface area contributed by atoms with Gasteiger partial charge in [-0.1, -0.05) is 5.16 Å². The zero-order chi connectivity index (χ0) is 16.6. The summed E-state index contributed by atoms with van der Waals surface area (Å²) < 4.78 is 11.1. The Balaban J connectivity index is 1.77. The second-order valence-corrected chi connectivity index (χ2v) is 7.20. The lowest BCUT2D eigenvalue weighted by atomic mass is 9.75. The maximum Gasteiger partial charge on any atom is 0.230 e. The van der Waals surface area contributed by atoms with Crippen LogP contribution in [0.2, 0.25) is 0 Å². The van der Waals surface area contributed by atoms with Crippen LogP contribution in [0.4, 0.5) is 0 Å². The molecule has 1 aromatic heterocycles. The Bertz CT molecular complexity index is 564. The molecule has 1 N–H and O–H groups in total. The SMILES string of the molecule is Cc1noc(C)c1CN1CC[C@H]2OCC[C@@]2(C(=O)NC(C)C)C1. The summed E-state index contributed by atoms with van der Waals surface area (Å²) in [5.41, 5.74) is 1.66. The molecule has 0 unspecified atom stereocenters. The summed E-state index contributed by atoms with van der Waals surface area (Å²) in [7, 11) is 0. The predicted octanol–water partition coefficient (Wildman–Crippen LogP) is 1.80. The van der Waals surface area contributed by atoms with Crippen molar-refractivity contribution in [1.82, 2.24) is 15.4 Å². The first-order chi connectivity index (χ1) is 10.9. The molecule has 2 saturated heterocycles. The van der Waals surface area contributed by atoms with Gasteiger partial charge in [-0.25, -0.2) is 0 Å². The molecule has 2 aliphatic heterocycles. The molecular formula is C17H27N3O3. The molecule has 3 rings (SSSR count). The number of nitrogens with zero attached hydrogens (tertiary/aromatic N) is 2. The lowest BCUT2D eigenvalue weighted by Gasteiger charge is -2.42. The second kappa shape index (κ2) is 6.24. The average molecular weight is 321 g/mol. The van der Waals surface area contributed by atoms with Crippen molar-refractivity contribution in [1.29, 1.82) is 0 Å². The van der Waals surface area contributed by atoms with Crippen molar-refractivity contribution in [3.8, 4) is 0 Å². The first-order valence-electron chi connectivity index (χ1n) is 8.49. The van der Waals surface area contributed by atoms with E-state index in [1.165, 1.54) is 0 Å². The monoisotopic (exact) mass is 321 g/mol. The van der Waals surface area contributed by atoms with E-state index in [9.17, 15) is 4.79 Å². The lowest BCUT2D eigenvalue weighted by molar-refractivity contribution is -0.140. The van der Waals surface area contributed by atoms with Gasteiger partial charge in [0.1, 0.15) is 5.76 Å². The molecule has 0 spiro atoms. The Hall–Kier alpha value is -1.40. The summed E-state index contributed by atoms with van der Waals surface area (Å²) in [6.07, 6.45) is 1.74. The molecular weight excluding hydrogens is 294 g/mol. The fourth-order valence-corrected chi connectivity index (χ4v) is 3.85. The van der Waals surface area contributed by atoms with Crippen molar-refractivity contribution in [3.63, 3.8) is 0 Å². The highest BCUT2D eigenvalue weighted by molar-refractivity contribution is 5.84. The van der Waals surface area contributed by atoms with Crippen molar-refractivity contribution in [2.24, 2.45) is 5.41 Å². The van der Waals surface area contributed by atoms with E-state index in [-0.39, 0.29) is 18.1 Å². The molecule has 1 amide bonds. The van der Waals surface area contributed by atoms with Crippen LogP contribution in [0, 0.1) is 19.3 Å². The van der Waals surface area contributed by atoms with Gasteiger partial charge < -0.3 is 14.6 Å². The Labute approximate surface area is 137 Å². The summed E-state index contributed by atoms with van der Waals surface area (Å²) in [5.74, 6) is 1.01. The van der Waals surface area contributed by atoms with Gasteiger partial charge in [-0.3, -0.25) is 9.69 Å². The van der Waals surface area contributed by atoms with E-state index in [1.807, 2.05) is 27.7 Å². The highest BCUT2D eigenvalue weighted by Crippen LogP contribution is 2.41. The molecule has 0 radical (unpaired) electrons. The lowest BCUT2D eigenvalue weighted by Crippen LogP contribution is -2.57. The second-order valence-electron chi connectivity index (χ2n) is 7.20. The van der Waals surface area contributed by atoms with E-state index < -0.39 is 5.41 Å². The number of amides is 1. The summed E-state index contributed by atoms with van der Waals surface area (Å²) >= 11 is 0. The van der Waals surface area contributed by atoms with E-state index in [4.69, 9.17) is 9.26 Å². The van der Waals surface area contributed by atoms with Gasteiger partial charge in [0.15, 0.2) is 0 Å². The molecule has 0 bridgehead atoms. The summed E-state index contributed by atoms with van der Waals surface area (Å²) in [6, 6.07) is 0.149. The number of fused-ring (bicyclic) bond motifs is 1. The number of ether oxygens (including phenoxy) is 1. The third-order valence-electron chi connectivity index (χ3n) is 5.13. The Morgan fingerprint density at radius 2 is 2.26 bits per heavy atom. The number of rotatable bonds is 4. The maximum atomic E-state index is 12.8. The zero-order valence-electron chi connectivity index (χ0n) is 14.5. The van der Waals surface area contributed by atoms with Crippen molar-refractivity contribution in [3.05, 3.63) is 17.0 Å². The summed E-state index contributed by atoms with van der Waals surface area (Å²) in [6.45, 7) is 11.1. The third-order valence-corrected chi connectivity index (χ3v) is 5.13. The first kappa shape index (κ1) is 16.5. The molecule has 6 nitrogen and oxygen atoms in total. The van der Waals surface area contributed by atoms with Gasteiger partial charge in [-0.2, -0.15) is 0 Å².